The van der Waals surface area contributed by atoms with E-state index >= 15 is 0 Å². The zero-order valence-electron chi connectivity index (χ0n) is 24.8. The first-order valence-electron chi connectivity index (χ1n) is 14.7. The van der Waals surface area contributed by atoms with E-state index in [1.807, 2.05) is 6.92 Å². The fourth-order valence-corrected chi connectivity index (χ4v) is 10.4. The molecule has 0 heterocycles. The Morgan fingerprint density at radius 2 is 1.68 bits per heavy atom. The molecule has 4 aliphatic carbocycles. The van der Waals surface area contributed by atoms with Crippen molar-refractivity contribution in [2.45, 2.75) is 125 Å². The number of aliphatic hydroxyl groups is 2. The molecule has 0 aliphatic heterocycles. The normalized spacial score (nSPS) is 47.3. The highest BCUT2D eigenvalue weighted by Gasteiger charge is 2.80. The van der Waals surface area contributed by atoms with Crippen molar-refractivity contribution in [1.82, 2.24) is 0 Å². The summed E-state index contributed by atoms with van der Waals surface area (Å²) in [5.74, 6) is -1.29. The molecule has 10 atom stereocenters. The highest BCUT2D eigenvalue weighted by Crippen LogP contribution is 2.79. The number of esters is 1. The number of rotatable bonds is 5. The standard InChI is InChI=1S/C32H50O6/c1-18(2)10-9-11-19(3)27-23-16-26(35)32(28(36)37)29(6)14-13-24(34)20(4)22(29)12-15-31(32,8)30(23,7)17-25(27)38-21(5)33/h10,20,22-26,34-35H,9,11-17H2,1-8H3,(H,36,37)/t20-,22?,23+,24+,25-,26+,29-,30-,31+,32?/m0/s1. The molecule has 0 radical (unpaired) electrons. The van der Waals surface area contributed by atoms with Gasteiger partial charge >= 0.3 is 11.9 Å². The Bertz CT molecular complexity index is 1040. The number of fused-ring (bicyclic) bond motifs is 5. The molecule has 0 saturated heterocycles. The van der Waals surface area contributed by atoms with Crippen LogP contribution < -0.4 is 0 Å². The summed E-state index contributed by atoms with van der Waals surface area (Å²) < 4.78 is 5.97. The fourth-order valence-electron chi connectivity index (χ4n) is 10.4. The third-order valence-electron chi connectivity index (χ3n) is 12.3. The van der Waals surface area contributed by atoms with E-state index in [9.17, 15) is 24.9 Å². The molecule has 2 unspecified atom stereocenters. The van der Waals surface area contributed by atoms with Gasteiger partial charge in [0.25, 0.3) is 0 Å². The number of aliphatic hydroxyl groups excluding tert-OH is 2. The summed E-state index contributed by atoms with van der Waals surface area (Å²) in [5.41, 5.74) is 0.361. The molecule has 0 aromatic heterocycles. The summed E-state index contributed by atoms with van der Waals surface area (Å²) in [7, 11) is 0. The van der Waals surface area contributed by atoms with Crippen molar-refractivity contribution in [3.05, 3.63) is 22.8 Å². The van der Waals surface area contributed by atoms with Crippen molar-refractivity contribution < 1.29 is 29.6 Å². The maximum atomic E-state index is 13.7. The lowest BCUT2D eigenvalue weighted by Gasteiger charge is -2.73. The average molecular weight is 531 g/mol. The summed E-state index contributed by atoms with van der Waals surface area (Å²) in [5, 5.41) is 34.1. The number of carbonyl (C=O) groups excluding carboxylic acids is 1. The second-order valence-electron chi connectivity index (χ2n) is 14.1. The highest BCUT2D eigenvalue weighted by atomic mass is 16.5. The number of carboxylic acids is 1. The summed E-state index contributed by atoms with van der Waals surface area (Å²) in [6, 6.07) is 0. The van der Waals surface area contributed by atoms with Gasteiger partial charge in [0.2, 0.25) is 0 Å². The van der Waals surface area contributed by atoms with Crippen LogP contribution in [0.25, 0.3) is 0 Å². The van der Waals surface area contributed by atoms with Crippen molar-refractivity contribution in [3.63, 3.8) is 0 Å². The number of allylic oxidation sites excluding steroid dienone is 3. The number of carboxylic acid groups (broad SMARTS) is 1. The Labute approximate surface area is 228 Å². The van der Waals surface area contributed by atoms with E-state index in [2.05, 4.69) is 47.6 Å². The molecule has 214 valence electrons. The van der Waals surface area contributed by atoms with Gasteiger partial charge in [0, 0.05) is 6.92 Å². The predicted molar refractivity (Wildman–Crippen MR) is 147 cm³/mol. The lowest BCUT2D eigenvalue weighted by Crippen LogP contribution is -2.75. The van der Waals surface area contributed by atoms with E-state index in [0.29, 0.717) is 32.1 Å². The van der Waals surface area contributed by atoms with Gasteiger partial charge in [-0.15, -0.1) is 0 Å². The van der Waals surface area contributed by atoms with Gasteiger partial charge in [-0.3, -0.25) is 9.59 Å². The lowest BCUT2D eigenvalue weighted by molar-refractivity contribution is -0.292. The average Bonchev–Trinajstić information content (AvgIpc) is 3.07. The van der Waals surface area contributed by atoms with E-state index in [4.69, 9.17) is 4.74 Å². The van der Waals surface area contributed by atoms with Crippen LogP contribution in [0, 0.1) is 39.4 Å². The van der Waals surface area contributed by atoms with Gasteiger partial charge in [0.1, 0.15) is 11.5 Å². The molecule has 6 nitrogen and oxygen atoms in total. The lowest BCUT2D eigenvalue weighted by atomic mass is 9.30. The molecule has 0 aromatic rings. The van der Waals surface area contributed by atoms with Gasteiger partial charge in [0.05, 0.1) is 12.2 Å². The highest BCUT2D eigenvalue weighted by molar-refractivity contribution is 5.79. The summed E-state index contributed by atoms with van der Waals surface area (Å²) in [6.07, 6.45) is 5.63. The molecule has 0 aromatic carbocycles. The smallest absolute Gasteiger partial charge is 0.313 e. The van der Waals surface area contributed by atoms with E-state index < -0.39 is 45.9 Å². The van der Waals surface area contributed by atoms with E-state index in [1.54, 1.807) is 0 Å². The van der Waals surface area contributed by atoms with Crippen LogP contribution in [0.15, 0.2) is 22.8 Å². The summed E-state index contributed by atoms with van der Waals surface area (Å²) >= 11 is 0. The Morgan fingerprint density at radius 1 is 1.03 bits per heavy atom. The van der Waals surface area contributed by atoms with E-state index in [-0.39, 0.29) is 23.7 Å². The van der Waals surface area contributed by atoms with Crippen molar-refractivity contribution in [2.75, 3.05) is 0 Å². The van der Waals surface area contributed by atoms with Crippen LogP contribution in [0.5, 0.6) is 0 Å². The molecule has 0 spiro atoms. The number of hydrogen-bond donors (Lipinski definition) is 3. The number of aliphatic carboxylic acids is 1. The molecule has 3 N–H and O–H groups in total. The maximum Gasteiger partial charge on any atom is 0.313 e. The summed E-state index contributed by atoms with van der Waals surface area (Å²) in [4.78, 5) is 25.9. The van der Waals surface area contributed by atoms with E-state index in [1.165, 1.54) is 18.1 Å². The molecule has 38 heavy (non-hydrogen) atoms. The monoisotopic (exact) mass is 530 g/mol. The van der Waals surface area contributed by atoms with Crippen LogP contribution in [-0.4, -0.2) is 45.6 Å². The van der Waals surface area contributed by atoms with Gasteiger partial charge in [-0.05, 0) is 112 Å². The van der Waals surface area contributed by atoms with Crippen molar-refractivity contribution in [2.24, 2.45) is 39.4 Å². The minimum atomic E-state index is -1.35. The molecule has 0 bridgehead atoms. The van der Waals surface area contributed by atoms with E-state index in [0.717, 1.165) is 24.8 Å². The van der Waals surface area contributed by atoms with Gasteiger partial charge in [-0.2, -0.15) is 0 Å². The first-order chi connectivity index (χ1) is 17.6. The first kappa shape index (κ1) is 29.3. The number of ether oxygens (including phenoxy) is 1. The fraction of sp³-hybridized carbons (Fsp3) is 0.812. The van der Waals surface area contributed by atoms with Crippen molar-refractivity contribution in [1.29, 1.82) is 0 Å². The predicted octanol–water partition coefficient (Wildman–Crippen LogP) is 6.06. The number of hydrogen-bond acceptors (Lipinski definition) is 5. The quantitative estimate of drug-likeness (QED) is 0.295. The Balaban J connectivity index is 1.89. The molecular weight excluding hydrogens is 480 g/mol. The minimum Gasteiger partial charge on any atom is -0.481 e. The van der Waals surface area contributed by atoms with Crippen LogP contribution in [0.3, 0.4) is 0 Å². The molecule has 6 heteroatoms. The third kappa shape index (κ3) is 3.79. The van der Waals surface area contributed by atoms with Crippen molar-refractivity contribution in [3.8, 4) is 0 Å². The Hall–Kier alpha value is -1.66. The first-order valence-corrected chi connectivity index (χ1v) is 14.7. The van der Waals surface area contributed by atoms with Gasteiger partial charge in [-0.25, -0.2) is 0 Å². The SMILES string of the molecule is CC(=O)O[C@H]1C[C@@]2(C)[C@H](C[C@@H](O)C3(C(=O)O)[C@@]4(C)CC[C@@H](O)[C@@H](C)C4CC[C@@]32C)C1=C(C)CCC=C(C)C. The van der Waals surface area contributed by atoms with Crippen LogP contribution >= 0.6 is 0 Å². The van der Waals surface area contributed by atoms with Crippen LogP contribution in [0.4, 0.5) is 0 Å². The van der Waals surface area contributed by atoms with Gasteiger partial charge < -0.3 is 20.1 Å². The van der Waals surface area contributed by atoms with Gasteiger partial charge in [0.15, 0.2) is 0 Å². The molecular formula is C32H50O6. The largest absolute Gasteiger partial charge is 0.481 e. The Kier molecular flexibility index (Phi) is 7.53. The zero-order valence-corrected chi connectivity index (χ0v) is 24.8. The van der Waals surface area contributed by atoms with Gasteiger partial charge in [-0.1, -0.05) is 44.9 Å². The molecule has 0 amide bonds. The number of carbonyl (C=O) groups is 2. The molecule has 4 saturated carbocycles. The second kappa shape index (κ2) is 9.76. The minimum absolute atomic E-state index is 0.0163. The zero-order chi connectivity index (χ0) is 28.4. The summed E-state index contributed by atoms with van der Waals surface area (Å²) in [6.45, 7) is 16.2. The van der Waals surface area contributed by atoms with Crippen molar-refractivity contribution >= 4 is 11.9 Å². The second-order valence-corrected chi connectivity index (χ2v) is 14.1. The maximum absolute atomic E-state index is 13.7. The van der Waals surface area contributed by atoms with Crippen LogP contribution in [-0.2, 0) is 14.3 Å². The molecule has 4 fully saturated rings. The van der Waals surface area contributed by atoms with Crippen LogP contribution in [0.1, 0.15) is 107 Å². The topological polar surface area (TPSA) is 104 Å². The molecule has 4 aliphatic rings. The third-order valence-corrected chi connectivity index (χ3v) is 12.3. The molecule has 4 rings (SSSR count). The van der Waals surface area contributed by atoms with Crippen LogP contribution in [0.2, 0.25) is 0 Å². The Morgan fingerprint density at radius 3 is 2.26 bits per heavy atom.